The third kappa shape index (κ3) is 3.95. The second-order valence-corrected chi connectivity index (χ2v) is 6.07. The van der Waals surface area contributed by atoms with E-state index in [2.05, 4.69) is 10.6 Å². The molecule has 22 heavy (non-hydrogen) atoms. The predicted octanol–water partition coefficient (Wildman–Crippen LogP) is 3.92. The van der Waals surface area contributed by atoms with Crippen LogP contribution in [0.25, 0.3) is 0 Å². The second kappa shape index (κ2) is 6.43. The molecule has 0 saturated heterocycles. The van der Waals surface area contributed by atoms with Crippen molar-refractivity contribution in [2.75, 3.05) is 10.6 Å². The van der Waals surface area contributed by atoms with Crippen LogP contribution in [0.4, 0.5) is 11.4 Å². The minimum absolute atomic E-state index is 0.103. The molecule has 2 amide bonds. The smallest absolute Gasteiger partial charge is 0.255 e. The van der Waals surface area contributed by atoms with Gasteiger partial charge in [0.05, 0.1) is 11.4 Å². The molecule has 0 aliphatic carbocycles. The summed E-state index contributed by atoms with van der Waals surface area (Å²) in [5.41, 5.74) is 1.23. The first kappa shape index (κ1) is 15.8. The summed E-state index contributed by atoms with van der Waals surface area (Å²) in [6.45, 7) is 5.52. The van der Waals surface area contributed by atoms with E-state index in [1.54, 1.807) is 24.3 Å². The van der Waals surface area contributed by atoms with Crippen molar-refractivity contribution in [1.29, 1.82) is 0 Å². The van der Waals surface area contributed by atoms with Gasteiger partial charge in [0.2, 0.25) is 5.91 Å². The first-order chi connectivity index (χ1) is 10.4. The lowest BCUT2D eigenvalue weighted by molar-refractivity contribution is -0.123. The molecule has 2 aromatic carbocycles. The van der Waals surface area contributed by atoms with Gasteiger partial charge >= 0.3 is 0 Å². The Morgan fingerprint density at radius 1 is 0.773 bits per heavy atom. The summed E-state index contributed by atoms with van der Waals surface area (Å²) in [4.78, 5) is 24.3. The maximum atomic E-state index is 12.2. The average molecular weight is 296 g/mol. The number of amides is 2. The van der Waals surface area contributed by atoms with E-state index in [1.807, 2.05) is 51.1 Å². The van der Waals surface area contributed by atoms with Gasteiger partial charge in [-0.15, -0.1) is 0 Å². The summed E-state index contributed by atoms with van der Waals surface area (Å²) in [6.07, 6.45) is 0. The Morgan fingerprint density at radius 2 is 1.27 bits per heavy atom. The standard InChI is InChI=1S/C18H20N2O2/c1-18(2,3)17(22)20-15-12-8-7-11-14(15)19-16(21)13-9-5-4-6-10-13/h4-12H,1-3H3,(H,19,21)(H,20,22). The Labute approximate surface area is 130 Å². The molecule has 0 bridgehead atoms. The van der Waals surface area contributed by atoms with Crippen LogP contribution in [-0.2, 0) is 4.79 Å². The molecule has 2 aromatic rings. The van der Waals surface area contributed by atoms with Crippen molar-refractivity contribution in [3.8, 4) is 0 Å². The number of anilines is 2. The molecule has 0 aliphatic rings. The van der Waals surface area contributed by atoms with Crippen molar-refractivity contribution in [3.05, 3.63) is 60.2 Å². The molecule has 2 rings (SSSR count). The molecule has 4 nitrogen and oxygen atoms in total. The van der Waals surface area contributed by atoms with Crippen LogP contribution in [0, 0.1) is 5.41 Å². The molecule has 0 aliphatic heterocycles. The summed E-state index contributed by atoms with van der Waals surface area (Å²) in [6, 6.07) is 16.1. The Kier molecular flexibility index (Phi) is 4.61. The molecule has 0 atom stereocenters. The van der Waals surface area contributed by atoms with Gasteiger partial charge in [0.1, 0.15) is 0 Å². The maximum absolute atomic E-state index is 12.2. The molecule has 4 heteroatoms. The van der Waals surface area contributed by atoms with Gasteiger partial charge in [-0.05, 0) is 24.3 Å². The van der Waals surface area contributed by atoms with Crippen LogP contribution in [0.15, 0.2) is 54.6 Å². The Balaban J connectivity index is 2.19. The van der Waals surface area contributed by atoms with Crippen LogP contribution in [0.5, 0.6) is 0 Å². The summed E-state index contributed by atoms with van der Waals surface area (Å²) in [7, 11) is 0. The summed E-state index contributed by atoms with van der Waals surface area (Å²) in [5.74, 6) is -0.313. The second-order valence-electron chi connectivity index (χ2n) is 6.07. The first-order valence-corrected chi connectivity index (χ1v) is 7.15. The summed E-state index contributed by atoms with van der Waals surface area (Å²) in [5, 5.41) is 5.68. The Hall–Kier alpha value is -2.62. The number of carbonyl (C=O) groups excluding carboxylic acids is 2. The fourth-order valence-corrected chi connectivity index (χ4v) is 1.79. The van der Waals surface area contributed by atoms with Crippen molar-refractivity contribution < 1.29 is 9.59 Å². The molecule has 0 aromatic heterocycles. The number of rotatable bonds is 3. The molecule has 0 heterocycles. The molecule has 0 unspecified atom stereocenters. The number of hydrogen-bond acceptors (Lipinski definition) is 2. The van der Waals surface area contributed by atoms with Gasteiger partial charge in [0, 0.05) is 11.0 Å². The van der Waals surface area contributed by atoms with E-state index in [0.717, 1.165) is 0 Å². The topological polar surface area (TPSA) is 58.2 Å². The predicted molar refractivity (Wildman–Crippen MR) is 88.9 cm³/mol. The van der Waals surface area contributed by atoms with Crippen LogP contribution in [0.1, 0.15) is 31.1 Å². The van der Waals surface area contributed by atoms with Crippen LogP contribution >= 0.6 is 0 Å². The van der Waals surface area contributed by atoms with Crippen LogP contribution in [0.2, 0.25) is 0 Å². The quantitative estimate of drug-likeness (QED) is 0.901. The van der Waals surface area contributed by atoms with Gasteiger partial charge in [-0.1, -0.05) is 51.1 Å². The van der Waals surface area contributed by atoms with Gasteiger partial charge < -0.3 is 10.6 Å². The lowest BCUT2D eigenvalue weighted by Crippen LogP contribution is -2.28. The zero-order chi connectivity index (χ0) is 16.2. The van der Waals surface area contributed by atoms with Crippen molar-refractivity contribution >= 4 is 23.2 Å². The van der Waals surface area contributed by atoms with E-state index in [4.69, 9.17) is 0 Å². The zero-order valence-corrected chi connectivity index (χ0v) is 13.0. The monoisotopic (exact) mass is 296 g/mol. The van der Waals surface area contributed by atoms with Gasteiger partial charge in [-0.25, -0.2) is 0 Å². The Bertz CT molecular complexity index is 673. The summed E-state index contributed by atoms with van der Waals surface area (Å²) < 4.78 is 0. The number of carbonyl (C=O) groups is 2. The fraction of sp³-hybridized carbons (Fsp3) is 0.222. The molecule has 114 valence electrons. The molecule has 0 spiro atoms. The minimum Gasteiger partial charge on any atom is -0.324 e. The third-order valence-electron chi connectivity index (χ3n) is 3.14. The number of para-hydroxylation sites is 2. The van der Waals surface area contributed by atoms with Crippen molar-refractivity contribution in [2.45, 2.75) is 20.8 Å². The van der Waals surface area contributed by atoms with E-state index >= 15 is 0 Å². The van der Waals surface area contributed by atoms with Gasteiger partial charge in [-0.2, -0.15) is 0 Å². The van der Waals surface area contributed by atoms with Crippen molar-refractivity contribution in [2.24, 2.45) is 5.41 Å². The maximum Gasteiger partial charge on any atom is 0.255 e. The average Bonchev–Trinajstić information content (AvgIpc) is 2.49. The molecule has 2 N–H and O–H groups in total. The first-order valence-electron chi connectivity index (χ1n) is 7.15. The molecular weight excluding hydrogens is 276 g/mol. The largest absolute Gasteiger partial charge is 0.324 e. The lowest BCUT2D eigenvalue weighted by atomic mass is 9.95. The Morgan fingerprint density at radius 3 is 1.82 bits per heavy atom. The SMILES string of the molecule is CC(C)(C)C(=O)Nc1ccccc1NC(=O)c1ccccc1. The van der Waals surface area contributed by atoms with Crippen LogP contribution < -0.4 is 10.6 Å². The number of benzene rings is 2. The highest BCUT2D eigenvalue weighted by molar-refractivity contribution is 6.07. The molecule has 0 fully saturated rings. The number of hydrogen-bond donors (Lipinski definition) is 2. The summed E-state index contributed by atoms with van der Waals surface area (Å²) >= 11 is 0. The molecular formula is C18H20N2O2. The van der Waals surface area contributed by atoms with E-state index in [-0.39, 0.29) is 11.8 Å². The van der Waals surface area contributed by atoms with Crippen molar-refractivity contribution in [3.63, 3.8) is 0 Å². The molecule has 0 radical (unpaired) electrons. The minimum atomic E-state index is -0.503. The normalized spacial score (nSPS) is 10.9. The van der Waals surface area contributed by atoms with Crippen molar-refractivity contribution in [1.82, 2.24) is 0 Å². The highest BCUT2D eigenvalue weighted by Gasteiger charge is 2.22. The van der Waals surface area contributed by atoms with E-state index in [1.165, 1.54) is 0 Å². The van der Waals surface area contributed by atoms with Crippen LogP contribution in [0.3, 0.4) is 0 Å². The van der Waals surface area contributed by atoms with E-state index in [0.29, 0.717) is 16.9 Å². The van der Waals surface area contributed by atoms with Gasteiger partial charge in [0.25, 0.3) is 5.91 Å². The van der Waals surface area contributed by atoms with Gasteiger partial charge in [-0.3, -0.25) is 9.59 Å². The fourth-order valence-electron chi connectivity index (χ4n) is 1.79. The highest BCUT2D eigenvalue weighted by atomic mass is 16.2. The lowest BCUT2D eigenvalue weighted by Gasteiger charge is -2.19. The van der Waals surface area contributed by atoms with E-state index in [9.17, 15) is 9.59 Å². The van der Waals surface area contributed by atoms with E-state index < -0.39 is 5.41 Å². The van der Waals surface area contributed by atoms with Crippen LogP contribution in [-0.4, -0.2) is 11.8 Å². The third-order valence-corrected chi connectivity index (χ3v) is 3.14. The van der Waals surface area contributed by atoms with Gasteiger partial charge in [0.15, 0.2) is 0 Å². The number of nitrogens with one attached hydrogen (secondary N) is 2. The molecule has 0 saturated carbocycles. The highest BCUT2D eigenvalue weighted by Crippen LogP contribution is 2.24. The zero-order valence-electron chi connectivity index (χ0n) is 13.0.